The van der Waals surface area contributed by atoms with E-state index >= 15 is 0 Å². The van der Waals surface area contributed by atoms with Crippen molar-refractivity contribution in [3.8, 4) is 11.1 Å². The van der Waals surface area contributed by atoms with E-state index in [4.69, 9.17) is 0 Å². The Morgan fingerprint density at radius 3 is 2.41 bits per heavy atom. The van der Waals surface area contributed by atoms with Crippen LogP contribution in [0.25, 0.3) is 21.3 Å². The summed E-state index contributed by atoms with van der Waals surface area (Å²) >= 11 is 1.50. The maximum atomic E-state index is 14.0. The van der Waals surface area contributed by atoms with E-state index in [0.717, 1.165) is 16.0 Å². The molecule has 3 nitrogen and oxygen atoms in total. The van der Waals surface area contributed by atoms with Gasteiger partial charge in [0.15, 0.2) is 0 Å². The van der Waals surface area contributed by atoms with E-state index < -0.39 is 0 Å². The van der Waals surface area contributed by atoms with Crippen LogP contribution in [0.3, 0.4) is 0 Å². The predicted molar refractivity (Wildman–Crippen MR) is 118 cm³/mol. The van der Waals surface area contributed by atoms with Crippen LogP contribution in [0, 0.1) is 12.7 Å². The zero-order valence-corrected chi connectivity index (χ0v) is 17.8. The fourth-order valence-corrected chi connectivity index (χ4v) is 4.62. The number of hydrogen-bond donors (Lipinski definition) is 1. The molecule has 2 heterocycles. The molecule has 148 valence electrons. The predicted octanol–water partition coefficient (Wildman–Crippen LogP) is 5.99. The summed E-state index contributed by atoms with van der Waals surface area (Å²) in [7, 11) is 0. The lowest BCUT2D eigenvalue weighted by atomic mass is 9.86. The minimum absolute atomic E-state index is 0.0743. The molecule has 0 fully saturated rings. The van der Waals surface area contributed by atoms with Crippen molar-refractivity contribution in [2.75, 3.05) is 0 Å². The van der Waals surface area contributed by atoms with Crippen molar-refractivity contribution < 1.29 is 4.39 Å². The van der Waals surface area contributed by atoms with Crippen LogP contribution in [0.2, 0.25) is 0 Å². The molecule has 0 amide bonds. The van der Waals surface area contributed by atoms with Crippen molar-refractivity contribution >= 4 is 21.6 Å². The number of thiophene rings is 1. The first kappa shape index (κ1) is 19.5. The minimum Gasteiger partial charge on any atom is -0.310 e. The van der Waals surface area contributed by atoms with Crippen LogP contribution >= 0.6 is 11.3 Å². The molecular weight excluding hydrogens is 383 g/mol. The largest absolute Gasteiger partial charge is 0.310 e. The molecular formula is C24H23FN2OS. The van der Waals surface area contributed by atoms with Gasteiger partial charge in [-0.25, -0.2) is 9.37 Å². The SMILES string of the molecule is Cc1sc2nc(Cc3ccccc3F)[nH]c(=O)c2c1-c1ccc(C(C)(C)C)cc1. The highest BCUT2D eigenvalue weighted by molar-refractivity contribution is 7.19. The standard InChI is InChI=1S/C24H23FN2OS/c1-14-20(15-9-11-17(12-10-15)24(2,3)4)21-22(28)26-19(27-23(21)29-14)13-16-7-5-6-8-18(16)25/h5-12H,13H2,1-4H3,(H,26,27,28). The summed E-state index contributed by atoms with van der Waals surface area (Å²) in [6.07, 6.45) is 0.254. The molecule has 2 aromatic carbocycles. The van der Waals surface area contributed by atoms with Gasteiger partial charge in [-0.15, -0.1) is 11.3 Å². The van der Waals surface area contributed by atoms with Gasteiger partial charge in [-0.3, -0.25) is 4.79 Å². The third-order valence-electron chi connectivity index (χ3n) is 5.14. The van der Waals surface area contributed by atoms with Crippen LogP contribution < -0.4 is 5.56 Å². The van der Waals surface area contributed by atoms with Crippen molar-refractivity contribution in [2.45, 2.75) is 39.5 Å². The fourth-order valence-electron chi connectivity index (χ4n) is 3.55. The van der Waals surface area contributed by atoms with E-state index in [0.29, 0.717) is 21.6 Å². The summed E-state index contributed by atoms with van der Waals surface area (Å²) in [5.74, 6) is 0.181. The molecule has 0 aliphatic heterocycles. The molecule has 0 spiro atoms. The van der Waals surface area contributed by atoms with Crippen LogP contribution in [0.15, 0.2) is 53.3 Å². The summed E-state index contributed by atoms with van der Waals surface area (Å²) in [6, 6.07) is 14.9. The van der Waals surface area contributed by atoms with Gasteiger partial charge >= 0.3 is 0 Å². The number of halogens is 1. The van der Waals surface area contributed by atoms with E-state index in [1.165, 1.54) is 23.0 Å². The van der Waals surface area contributed by atoms with Crippen molar-refractivity contribution in [2.24, 2.45) is 0 Å². The highest BCUT2D eigenvalue weighted by Gasteiger charge is 2.18. The second-order valence-corrected chi connectivity index (χ2v) is 9.52. The molecule has 4 rings (SSSR count). The fraction of sp³-hybridized carbons (Fsp3) is 0.250. The average Bonchev–Trinajstić information content (AvgIpc) is 2.99. The molecule has 29 heavy (non-hydrogen) atoms. The molecule has 0 unspecified atom stereocenters. The van der Waals surface area contributed by atoms with E-state index in [1.807, 2.05) is 6.92 Å². The number of benzene rings is 2. The molecule has 0 radical (unpaired) electrons. The Kier molecular flexibility index (Phi) is 4.87. The van der Waals surface area contributed by atoms with Crippen molar-refractivity contribution in [3.63, 3.8) is 0 Å². The number of nitrogens with zero attached hydrogens (tertiary/aromatic N) is 1. The Balaban J connectivity index is 1.78. The number of rotatable bonds is 3. The summed E-state index contributed by atoms with van der Waals surface area (Å²) < 4.78 is 14.0. The number of fused-ring (bicyclic) bond motifs is 1. The third kappa shape index (κ3) is 3.75. The molecule has 0 aliphatic rings. The number of aromatic nitrogens is 2. The number of aromatic amines is 1. The monoisotopic (exact) mass is 406 g/mol. The average molecular weight is 407 g/mol. The van der Waals surface area contributed by atoms with Gasteiger partial charge in [0, 0.05) is 16.9 Å². The molecule has 0 aliphatic carbocycles. The van der Waals surface area contributed by atoms with Gasteiger partial charge in [-0.2, -0.15) is 0 Å². The van der Waals surface area contributed by atoms with Gasteiger partial charge in [0.05, 0.1) is 5.39 Å². The van der Waals surface area contributed by atoms with E-state index in [9.17, 15) is 9.18 Å². The van der Waals surface area contributed by atoms with E-state index in [-0.39, 0.29) is 23.2 Å². The minimum atomic E-state index is -0.294. The second-order valence-electron chi connectivity index (χ2n) is 8.32. The second kappa shape index (κ2) is 7.23. The zero-order chi connectivity index (χ0) is 20.8. The van der Waals surface area contributed by atoms with Gasteiger partial charge in [-0.1, -0.05) is 63.2 Å². The van der Waals surface area contributed by atoms with Gasteiger partial charge in [0.25, 0.3) is 5.56 Å². The molecule has 0 atom stereocenters. The van der Waals surface area contributed by atoms with Gasteiger partial charge in [-0.05, 0) is 35.1 Å². The van der Waals surface area contributed by atoms with Gasteiger partial charge in [0.1, 0.15) is 16.5 Å². The lowest BCUT2D eigenvalue weighted by molar-refractivity contribution is 0.590. The quantitative estimate of drug-likeness (QED) is 0.454. The molecule has 0 saturated heterocycles. The van der Waals surface area contributed by atoms with Crippen LogP contribution in [-0.4, -0.2) is 9.97 Å². The Hall–Kier alpha value is -2.79. The highest BCUT2D eigenvalue weighted by Crippen LogP contribution is 2.36. The highest BCUT2D eigenvalue weighted by atomic mass is 32.1. The molecule has 0 bridgehead atoms. The van der Waals surface area contributed by atoms with Crippen LogP contribution in [0.5, 0.6) is 0 Å². The maximum absolute atomic E-state index is 14.0. The number of aryl methyl sites for hydroxylation is 1. The summed E-state index contributed by atoms with van der Waals surface area (Å²) in [6.45, 7) is 8.55. The van der Waals surface area contributed by atoms with Crippen LogP contribution in [-0.2, 0) is 11.8 Å². The first-order chi connectivity index (χ1) is 13.7. The van der Waals surface area contributed by atoms with E-state index in [2.05, 4.69) is 55.0 Å². The van der Waals surface area contributed by atoms with Gasteiger partial charge < -0.3 is 4.98 Å². The van der Waals surface area contributed by atoms with Gasteiger partial charge in [0.2, 0.25) is 0 Å². The van der Waals surface area contributed by atoms with Crippen molar-refractivity contribution in [1.82, 2.24) is 9.97 Å². The molecule has 5 heteroatoms. The lowest BCUT2D eigenvalue weighted by Gasteiger charge is -2.19. The molecule has 4 aromatic rings. The molecule has 2 aromatic heterocycles. The maximum Gasteiger partial charge on any atom is 0.260 e. The number of nitrogens with one attached hydrogen (secondary N) is 1. The van der Waals surface area contributed by atoms with Crippen LogP contribution in [0.1, 0.15) is 42.6 Å². The Morgan fingerprint density at radius 1 is 1.07 bits per heavy atom. The first-order valence-corrected chi connectivity index (χ1v) is 10.4. The number of H-pyrrole nitrogens is 1. The topological polar surface area (TPSA) is 45.8 Å². The first-order valence-electron chi connectivity index (χ1n) is 9.60. The third-order valence-corrected chi connectivity index (χ3v) is 6.14. The summed E-state index contributed by atoms with van der Waals surface area (Å²) in [5, 5.41) is 0.605. The Bertz CT molecular complexity index is 1250. The normalized spacial score (nSPS) is 11.9. The number of hydrogen-bond acceptors (Lipinski definition) is 3. The molecule has 0 saturated carbocycles. The summed E-state index contributed by atoms with van der Waals surface area (Å²) in [4.78, 5) is 22.2. The summed E-state index contributed by atoms with van der Waals surface area (Å²) in [5.41, 5.74) is 3.59. The van der Waals surface area contributed by atoms with Crippen LogP contribution in [0.4, 0.5) is 4.39 Å². The molecule has 1 N–H and O–H groups in total. The van der Waals surface area contributed by atoms with Crippen molar-refractivity contribution in [3.05, 3.63) is 86.5 Å². The smallest absolute Gasteiger partial charge is 0.260 e. The zero-order valence-electron chi connectivity index (χ0n) is 17.0. The lowest BCUT2D eigenvalue weighted by Crippen LogP contribution is -2.12. The Labute approximate surface area is 173 Å². The Morgan fingerprint density at radius 2 is 1.76 bits per heavy atom. The van der Waals surface area contributed by atoms with Crippen molar-refractivity contribution in [1.29, 1.82) is 0 Å². The van der Waals surface area contributed by atoms with E-state index in [1.54, 1.807) is 18.2 Å².